The molecule has 0 saturated carbocycles. The van der Waals surface area contributed by atoms with Crippen molar-refractivity contribution in [3.05, 3.63) is 75.1 Å². The lowest BCUT2D eigenvalue weighted by molar-refractivity contribution is -0.123. The number of hydrogen-bond acceptors (Lipinski definition) is 5. The normalized spacial score (nSPS) is 16.2. The van der Waals surface area contributed by atoms with Gasteiger partial charge >= 0.3 is 0 Å². The van der Waals surface area contributed by atoms with Gasteiger partial charge in [-0.25, -0.2) is 0 Å². The summed E-state index contributed by atoms with van der Waals surface area (Å²) in [6, 6.07) is 12.1. The van der Waals surface area contributed by atoms with E-state index in [2.05, 4.69) is 27.5 Å². The predicted molar refractivity (Wildman–Crippen MR) is 145 cm³/mol. The molecule has 0 spiro atoms. The van der Waals surface area contributed by atoms with E-state index in [9.17, 15) is 4.79 Å². The molecule has 7 heteroatoms. The van der Waals surface area contributed by atoms with E-state index in [-0.39, 0.29) is 18.0 Å². The lowest BCUT2D eigenvalue weighted by Crippen LogP contribution is -2.35. The minimum atomic E-state index is -0.0285. The molecule has 0 unspecified atom stereocenters. The quantitative estimate of drug-likeness (QED) is 0.256. The van der Waals surface area contributed by atoms with Gasteiger partial charge in [-0.1, -0.05) is 34.1 Å². The standard InChI is InChI=1S/C27H31BrN2O3S/c1-7-8-21-13-20(15-24-26(31)30(18(4)5)27(34-24)29-17(2)3)14-23(32-6)25(21)33-16-19-9-11-22(28)12-10-19/h7,9-15,17-18H,1,8,16H2,2-6H3/b24-15+,29-27?. The van der Waals surface area contributed by atoms with Crippen LogP contribution < -0.4 is 9.47 Å². The third kappa shape index (κ3) is 6.33. The van der Waals surface area contributed by atoms with Gasteiger partial charge < -0.3 is 9.47 Å². The van der Waals surface area contributed by atoms with Crippen LogP contribution in [0.25, 0.3) is 6.08 Å². The molecule has 0 radical (unpaired) electrons. The average molecular weight is 544 g/mol. The van der Waals surface area contributed by atoms with Gasteiger partial charge in [-0.3, -0.25) is 14.7 Å². The first-order valence-electron chi connectivity index (χ1n) is 11.2. The Morgan fingerprint density at radius 1 is 1.18 bits per heavy atom. The van der Waals surface area contributed by atoms with Crippen LogP contribution in [0.5, 0.6) is 11.5 Å². The monoisotopic (exact) mass is 542 g/mol. The molecular formula is C27H31BrN2O3S. The second-order valence-electron chi connectivity index (χ2n) is 8.50. The number of ether oxygens (including phenoxy) is 2. The van der Waals surface area contributed by atoms with Gasteiger partial charge in [0.2, 0.25) is 0 Å². The van der Waals surface area contributed by atoms with Gasteiger partial charge in [-0.2, -0.15) is 0 Å². The molecule has 180 valence electrons. The van der Waals surface area contributed by atoms with Gasteiger partial charge in [0, 0.05) is 22.1 Å². The Hall–Kier alpha value is -2.51. The fourth-order valence-corrected chi connectivity index (χ4v) is 5.03. The van der Waals surface area contributed by atoms with Gasteiger partial charge in [-0.05, 0) is 87.3 Å². The predicted octanol–water partition coefficient (Wildman–Crippen LogP) is 6.85. The van der Waals surface area contributed by atoms with Crippen molar-refractivity contribution in [1.29, 1.82) is 0 Å². The number of carbonyl (C=O) groups excluding carboxylic acids is 1. The van der Waals surface area contributed by atoms with Crippen LogP contribution >= 0.6 is 27.7 Å². The third-order valence-electron chi connectivity index (χ3n) is 5.05. The van der Waals surface area contributed by atoms with Crippen molar-refractivity contribution in [2.75, 3.05) is 7.11 Å². The second-order valence-corrected chi connectivity index (χ2v) is 10.4. The molecule has 1 amide bonds. The minimum absolute atomic E-state index is 0.0285. The maximum absolute atomic E-state index is 13.1. The van der Waals surface area contributed by atoms with E-state index in [1.807, 2.05) is 76.2 Å². The average Bonchev–Trinajstić information content (AvgIpc) is 3.08. The number of carbonyl (C=O) groups is 1. The van der Waals surface area contributed by atoms with Crippen molar-refractivity contribution >= 4 is 44.8 Å². The number of benzene rings is 2. The first-order valence-corrected chi connectivity index (χ1v) is 12.8. The van der Waals surface area contributed by atoms with Crippen molar-refractivity contribution in [2.45, 2.75) is 52.8 Å². The Balaban J connectivity index is 1.95. The van der Waals surface area contributed by atoms with Crippen molar-refractivity contribution in [2.24, 2.45) is 4.99 Å². The van der Waals surface area contributed by atoms with Crippen molar-refractivity contribution in [1.82, 2.24) is 4.90 Å². The highest BCUT2D eigenvalue weighted by molar-refractivity contribution is 9.10. The summed E-state index contributed by atoms with van der Waals surface area (Å²) in [6.07, 6.45) is 4.35. The highest BCUT2D eigenvalue weighted by Crippen LogP contribution is 2.38. The van der Waals surface area contributed by atoms with Gasteiger partial charge in [0.05, 0.1) is 12.0 Å². The van der Waals surface area contributed by atoms with E-state index < -0.39 is 0 Å². The van der Waals surface area contributed by atoms with E-state index in [1.54, 1.807) is 12.0 Å². The first kappa shape index (κ1) is 26.1. The van der Waals surface area contributed by atoms with Crippen LogP contribution in [0.4, 0.5) is 0 Å². The number of methoxy groups -OCH3 is 1. The van der Waals surface area contributed by atoms with E-state index in [4.69, 9.17) is 9.47 Å². The second kappa shape index (κ2) is 11.8. The van der Waals surface area contributed by atoms with Crippen molar-refractivity contribution in [3.8, 4) is 11.5 Å². The molecule has 5 nitrogen and oxygen atoms in total. The molecule has 2 aromatic rings. The molecule has 0 atom stereocenters. The molecule has 1 fully saturated rings. The summed E-state index contributed by atoms with van der Waals surface area (Å²) in [6.45, 7) is 12.3. The summed E-state index contributed by atoms with van der Waals surface area (Å²) in [5.74, 6) is 1.28. The van der Waals surface area contributed by atoms with Gasteiger partial charge in [0.1, 0.15) is 6.61 Å². The lowest BCUT2D eigenvalue weighted by atomic mass is 10.0. The Kier molecular flexibility index (Phi) is 9.03. The van der Waals surface area contributed by atoms with E-state index in [1.165, 1.54) is 11.8 Å². The SMILES string of the molecule is C=CCc1cc(/C=C2/SC(=NC(C)C)N(C(C)C)C2=O)cc(OC)c1OCc1ccc(Br)cc1. The van der Waals surface area contributed by atoms with E-state index >= 15 is 0 Å². The molecule has 0 aliphatic carbocycles. The molecule has 3 rings (SSSR count). The number of hydrogen-bond donors (Lipinski definition) is 0. The number of halogens is 1. The largest absolute Gasteiger partial charge is 0.493 e. The maximum Gasteiger partial charge on any atom is 0.266 e. The number of nitrogens with zero attached hydrogens (tertiary/aromatic N) is 2. The lowest BCUT2D eigenvalue weighted by Gasteiger charge is -2.20. The molecule has 1 saturated heterocycles. The Morgan fingerprint density at radius 3 is 2.47 bits per heavy atom. The van der Waals surface area contributed by atoms with Crippen LogP contribution in [0, 0.1) is 0 Å². The molecule has 1 heterocycles. The fourth-order valence-electron chi connectivity index (χ4n) is 3.53. The van der Waals surface area contributed by atoms with Crippen LogP contribution in [0.3, 0.4) is 0 Å². The van der Waals surface area contributed by atoms with Crippen LogP contribution in [0.1, 0.15) is 44.4 Å². The maximum atomic E-state index is 13.1. The molecule has 1 aliphatic heterocycles. The molecule has 34 heavy (non-hydrogen) atoms. The van der Waals surface area contributed by atoms with E-state index in [0.717, 1.165) is 26.3 Å². The molecule has 0 aromatic heterocycles. The topological polar surface area (TPSA) is 51.1 Å². The minimum Gasteiger partial charge on any atom is -0.493 e. The number of thioether (sulfide) groups is 1. The highest BCUT2D eigenvalue weighted by atomic mass is 79.9. The van der Waals surface area contributed by atoms with Gasteiger partial charge in [0.15, 0.2) is 16.7 Å². The zero-order valence-electron chi connectivity index (χ0n) is 20.3. The summed E-state index contributed by atoms with van der Waals surface area (Å²) >= 11 is 4.87. The Morgan fingerprint density at radius 2 is 1.88 bits per heavy atom. The zero-order chi connectivity index (χ0) is 24.8. The summed E-state index contributed by atoms with van der Waals surface area (Å²) in [7, 11) is 1.62. The van der Waals surface area contributed by atoms with Crippen LogP contribution in [0.2, 0.25) is 0 Å². The number of aliphatic imine (C=N–C) groups is 1. The smallest absolute Gasteiger partial charge is 0.266 e. The number of allylic oxidation sites excluding steroid dienone is 1. The van der Waals surface area contributed by atoms with Crippen LogP contribution in [-0.4, -0.2) is 35.2 Å². The summed E-state index contributed by atoms with van der Waals surface area (Å²) < 4.78 is 12.9. The Bertz CT molecular complexity index is 1110. The number of amidine groups is 1. The van der Waals surface area contributed by atoms with Crippen LogP contribution in [-0.2, 0) is 17.8 Å². The summed E-state index contributed by atoms with van der Waals surface area (Å²) in [4.78, 5) is 20.2. The molecular weight excluding hydrogens is 512 g/mol. The van der Waals surface area contributed by atoms with E-state index in [0.29, 0.717) is 29.4 Å². The first-order chi connectivity index (χ1) is 16.2. The molecule has 0 N–H and O–H groups in total. The Labute approximate surface area is 215 Å². The molecule has 0 bridgehead atoms. The van der Waals surface area contributed by atoms with Gasteiger partial charge in [-0.15, -0.1) is 6.58 Å². The van der Waals surface area contributed by atoms with Gasteiger partial charge in [0.25, 0.3) is 5.91 Å². The zero-order valence-corrected chi connectivity index (χ0v) is 22.7. The summed E-state index contributed by atoms with van der Waals surface area (Å²) in [5, 5.41) is 0.744. The highest BCUT2D eigenvalue weighted by Gasteiger charge is 2.35. The van der Waals surface area contributed by atoms with Crippen molar-refractivity contribution in [3.63, 3.8) is 0 Å². The molecule has 2 aromatic carbocycles. The molecule has 1 aliphatic rings. The van der Waals surface area contributed by atoms with Crippen LogP contribution in [0.15, 0.2) is 63.4 Å². The third-order valence-corrected chi connectivity index (χ3v) is 6.58. The summed E-state index contributed by atoms with van der Waals surface area (Å²) in [5.41, 5.74) is 2.88. The number of rotatable bonds is 9. The van der Waals surface area contributed by atoms with Crippen molar-refractivity contribution < 1.29 is 14.3 Å². The fraction of sp³-hybridized carbons (Fsp3) is 0.333. The number of amides is 1.